The van der Waals surface area contributed by atoms with Crippen molar-refractivity contribution in [3.8, 4) is 0 Å². The van der Waals surface area contributed by atoms with Gasteiger partial charge in [0.1, 0.15) is 5.60 Å². The molecule has 1 aliphatic rings. The molecule has 4 nitrogen and oxygen atoms in total. The summed E-state index contributed by atoms with van der Waals surface area (Å²) < 4.78 is 5.12. The van der Waals surface area contributed by atoms with Gasteiger partial charge in [-0.25, -0.2) is 4.79 Å². The molecule has 72 valence electrons. The van der Waals surface area contributed by atoms with E-state index in [1.165, 1.54) is 5.01 Å². The number of allylic oxidation sites excluding steroid dienone is 2. The molecule has 0 unspecified atom stereocenters. The van der Waals surface area contributed by atoms with E-state index in [1.54, 1.807) is 24.6 Å². The molecule has 0 saturated carbocycles. The van der Waals surface area contributed by atoms with Crippen molar-refractivity contribution < 1.29 is 9.53 Å². The highest BCUT2D eigenvalue weighted by atomic mass is 16.6. The summed E-state index contributed by atoms with van der Waals surface area (Å²) in [5.74, 6) is 0. The van der Waals surface area contributed by atoms with Crippen LogP contribution in [0.4, 0.5) is 4.79 Å². The number of nitrogens with zero attached hydrogens (tertiary/aromatic N) is 1. The van der Waals surface area contributed by atoms with Gasteiger partial charge in [-0.1, -0.05) is 0 Å². The number of nitrogens with one attached hydrogen (secondary N) is 1. The van der Waals surface area contributed by atoms with Crippen LogP contribution in [0.2, 0.25) is 0 Å². The second-order valence-electron chi connectivity index (χ2n) is 3.68. The highest BCUT2D eigenvalue weighted by Gasteiger charge is 2.20. The van der Waals surface area contributed by atoms with E-state index in [1.807, 2.05) is 20.8 Å². The van der Waals surface area contributed by atoms with Gasteiger partial charge in [0, 0.05) is 12.4 Å². The van der Waals surface area contributed by atoms with E-state index < -0.39 is 11.7 Å². The Hall–Kier alpha value is -1.45. The third-order valence-corrected chi connectivity index (χ3v) is 1.25. The number of hydrogen-bond acceptors (Lipinski definition) is 3. The lowest BCUT2D eigenvalue weighted by molar-refractivity contribution is 0.0279. The molecule has 0 aromatic carbocycles. The van der Waals surface area contributed by atoms with E-state index in [2.05, 4.69) is 5.43 Å². The molecule has 0 aromatic heterocycles. The number of carbonyl (C=O) groups excluding carboxylic acids is 1. The van der Waals surface area contributed by atoms with Crippen LogP contribution in [0.25, 0.3) is 0 Å². The second kappa shape index (κ2) is 3.51. The Morgan fingerprint density at radius 2 is 2.08 bits per heavy atom. The third-order valence-electron chi connectivity index (χ3n) is 1.25. The van der Waals surface area contributed by atoms with Crippen LogP contribution >= 0.6 is 0 Å². The van der Waals surface area contributed by atoms with Crippen molar-refractivity contribution in [1.29, 1.82) is 0 Å². The van der Waals surface area contributed by atoms with Crippen LogP contribution in [-0.4, -0.2) is 16.7 Å². The Morgan fingerprint density at radius 1 is 1.38 bits per heavy atom. The number of hydrogen-bond donors (Lipinski definition) is 1. The van der Waals surface area contributed by atoms with Crippen molar-refractivity contribution in [1.82, 2.24) is 10.4 Å². The van der Waals surface area contributed by atoms with Crippen molar-refractivity contribution >= 4 is 6.09 Å². The average molecular weight is 182 g/mol. The molecule has 0 spiro atoms. The molecule has 13 heavy (non-hydrogen) atoms. The van der Waals surface area contributed by atoms with Crippen molar-refractivity contribution in [3.63, 3.8) is 0 Å². The SMILES string of the molecule is CC(C)(C)OC(=O)N1C=CC=CN1. The van der Waals surface area contributed by atoms with Gasteiger partial charge in [0.05, 0.1) is 0 Å². The maximum absolute atomic E-state index is 11.4. The summed E-state index contributed by atoms with van der Waals surface area (Å²) in [4.78, 5) is 11.4. The molecule has 0 saturated heterocycles. The molecular formula is C9H14N2O2. The number of amides is 1. The fraction of sp³-hybridized carbons (Fsp3) is 0.444. The summed E-state index contributed by atoms with van der Waals surface area (Å²) in [6.07, 6.45) is 6.40. The molecular weight excluding hydrogens is 168 g/mol. The largest absolute Gasteiger partial charge is 0.442 e. The molecule has 1 N–H and O–H groups in total. The summed E-state index contributed by atoms with van der Waals surface area (Å²) in [5.41, 5.74) is 2.27. The normalized spacial score (nSPS) is 15.5. The summed E-state index contributed by atoms with van der Waals surface area (Å²) in [6.45, 7) is 5.48. The molecule has 0 atom stereocenters. The van der Waals surface area contributed by atoms with Gasteiger partial charge in [0.2, 0.25) is 0 Å². The molecule has 0 aliphatic carbocycles. The standard InChI is InChI=1S/C9H14N2O2/c1-9(2,3)13-8(12)11-7-5-4-6-10-11/h4-7,10H,1-3H3. The first-order valence-electron chi connectivity index (χ1n) is 4.11. The van der Waals surface area contributed by atoms with Crippen LogP contribution in [0.3, 0.4) is 0 Å². The first-order valence-corrected chi connectivity index (χ1v) is 4.11. The van der Waals surface area contributed by atoms with E-state index in [0.29, 0.717) is 0 Å². The Balaban J connectivity index is 2.49. The van der Waals surface area contributed by atoms with Crippen LogP contribution in [0.5, 0.6) is 0 Å². The number of rotatable bonds is 0. The average Bonchev–Trinajstić information content (AvgIpc) is 2.03. The Labute approximate surface area is 77.8 Å². The van der Waals surface area contributed by atoms with Gasteiger partial charge in [-0.15, -0.1) is 0 Å². The number of carbonyl (C=O) groups is 1. The summed E-state index contributed by atoms with van der Waals surface area (Å²) in [6, 6.07) is 0. The molecule has 4 heteroatoms. The Kier molecular flexibility index (Phi) is 2.60. The zero-order valence-corrected chi connectivity index (χ0v) is 8.07. The predicted molar refractivity (Wildman–Crippen MR) is 49.5 cm³/mol. The van der Waals surface area contributed by atoms with Crippen LogP contribution in [0, 0.1) is 0 Å². The molecule has 1 rings (SSSR count). The fourth-order valence-electron chi connectivity index (χ4n) is 0.782. The van der Waals surface area contributed by atoms with Crippen molar-refractivity contribution in [2.24, 2.45) is 0 Å². The van der Waals surface area contributed by atoms with Gasteiger partial charge >= 0.3 is 6.09 Å². The lowest BCUT2D eigenvalue weighted by Crippen LogP contribution is -2.40. The monoisotopic (exact) mass is 182 g/mol. The minimum Gasteiger partial charge on any atom is -0.442 e. The number of ether oxygens (including phenoxy) is 1. The molecule has 1 heterocycles. The Morgan fingerprint density at radius 3 is 2.54 bits per heavy atom. The summed E-state index contributed by atoms with van der Waals surface area (Å²) >= 11 is 0. The zero-order chi connectivity index (χ0) is 9.90. The second-order valence-corrected chi connectivity index (χ2v) is 3.68. The van der Waals surface area contributed by atoms with Gasteiger partial charge in [-0.05, 0) is 32.9 Å². The first-order chi connectivity index (χ1) is 5.99. The van der Waals surface area contributed by atoms with E-state index in [0.717, 1.165) is 0 Å². The maximum Gasteiger partial charge on any atom is 0.433 e. The number of hydrazine groups is 1. The van der Waals surface area contributed by atoms with Crippen molar-refractivity contribution in [2.75, 3.05) is 0 Å². The molecule has 1 aliphatic heterocycles. The molecule has 1 amide bonds. The highest BCUT2D eigenvalue weighted by Crippen LogP contribution is 2.09. The molecule has 0 aromatic rings. The predicted octanol–water partition coefficient (Wildman–Crippen LogP) is 1.77. The maximum atomic E-state index is 11.4. The topological polar surface area (TPSA) is 41.6 Å². The van der Waals surface area contributed by atoms with Gasteiger partial charge in [0.25, 0.3) is 0 Å². The van der Waals surface area contributed by atoms with Crippen LogP contribution < -0.4 is 5.43 Å². The molecule has 0 bridgehead atoms. The van der Waals surface area contributed by atoms with E-state index >= 15 is 0 Å². The minimum absolute atomic E-state index is 0.409. The summed E-state index contributed by atoms with van der Waals surface area (Å²) in [5, 5.41) is 1.28. The zero-order valence-electron chi connectivity index (χ0n) is 8.07. The fourth-order valence-corrected chi connectivity index (χ4v) is 0.782. The molecule has 0 fully saturated rings. The quantitative estimate of drug-likeness (QED) is 0.620. The van der Waals surface area contributed by atoms with E-state index in [9.17, 15) is 4.79 Å². The van der Waals surface area contributed by atoms with Gasteiger partial charge in [0.15, 0.2) is 0 Å². The van der Waals surface area contributed by atoms with Crippen LogP contribution in [-0.2, 0) is 4.74 Å². The van der Waals surface area contributed by atoms with Gasteiger partial charge < -0.3 is 4.74 Å². The van der Waals surface area contributed by atoms with Crippen LogP contribution in [0.15, 0.2) is 24.6 Å². The first kappa shape index (κ1) is 9.64. The highest BCUT2D eigenvalue weighted by molar-refractivity contribution is 5.69. The molecule has 0 radical (unpaired) electrons. The lowest BCUT2D eigenvalue weighted by atomic mass is 10.2. The minimum atomic E-state index is -0.465. The lowest BCUT2D eigenvalue weighted by Gasteiger charge is -2.25. The van der Waals surface area contributed by atoms with Gasteiger partial charge in [-0.3, -0.25) is 5.43 Å². The van der Waals surface area contributed by atoms with E-state index in [4.69, 9.17) is 4.74 Å². The van der Waals surface area contributed by atoms with Crippen molar-refractivity contribution in [2.45, 2.75) is 26.4 Å². The van der Waals surface area contributed by atoms with Gasteiger partial charge in [-0.2, -0.15) is 5.01 Å². The van der Waals surface area contributed by atoms with E-state index in [-0.39, 0.29) is 0 Å². The summed E-state index contributed by atoms with van der Waals surface area (Å²) in [7, 11) is 0. The third kappa shape index (κ3) is 3.19. The van der Waals surface area contributed by atoms with Crippen LogP contribution in [0.1, 0.15) is 20.8 Å². The smallest absolute Gasteiger partial charge is 0.433 e. The van der Waals surface area contributed by atoms with Crippen molar-refractivity contribution in [3.05, 3.63) is 24.6 Å². The Bertz CT molecular complexity index is 251.